The number of carbonyl (C=O) groups excluding carboxylic acids is 1. The van der Waals surface area contributed by atoms with Gasteiger partial charge in [-0.1, -0.05) is 17.8 Å². The summed E-state index contributed by atoms with van der Waals surface area (Å²) in [6, 6.07) is 3.34. The van der Waals surface area contributed by atoms with E-state index in [1.54, 1.807) is 35.7 Å². The van der Waals surface area contributed by atoms with E-state index in [1.807, 2.05) is 6.92 Å². The molecule has 25 heavy (non-hydrogen) atoms. The number of halogens is 1. The summed E-state index contributed by atoms with van der Waals surface area (Å²) in [5.74, 6) is 0.0550. The van der Waals surface area contributed by atoms with Crippen molar-refractivity contribution in [2.75, 3.05) is 6.26 Å². The maximum Gasteiger partial charge on any atom is 0.125 e. The maximum atomic E-state index is 14.3. The minimum atomic E-state index is -0.179. The van der Waals surface area contributed by atoms with E-state index < -0.39 is 0 Å². The van der Waals surface area contributed by atoms with E-state index in [9.17, 15) is 9.18 Å². The van der Waals surface area contributed by atoms with Crippen molar-refractivity contribution in [1.29, 1.82) is 0 Å². The molecule has 3 rings (SSSR count). The number of hydrogen-bond donors (Lipinski definition) is 0. The molecular formula is C20H24FNOS2. The molecule has 1 aliphatic rings. The van der Waals surface area contributed by atoms with Gasteiger partial charge in [-0.05, 0) is 56.0 Å². The molecule has 2 aromatic rings. The third-order valence-corrected chi connectivity index (χ3v) is 7.22. The lowest BCUT2D eigenvalue weighted by atomic mass is 9.99. The number of aryl methyl sites for hydroxylation is 1. The number of aldehydes is 1. The molecule has 2 heterocycles. The lowest BCUT2D eigenvalue weighted by molar-refractivity contribution is -0.108. The van der Waals surface area contributed by atoms with Crippen LogP contribution in [0.4, 0.5) is 4.39 Å². The van der Waals surface area contributed by atoms with Crippen molar-refractivity contribution in [3.05, 3.63) is 40.2 Å². The zero-order valence-corrected chi connectivity index (χ0v) is 16.8. The second-order valence-electron chi connectivity index (χ2n) is 6.52. The summed E-state index contributed by atoms with van der Waals surface area (Å²) in [7, 11) is 0. The minimum absolute atomic E-state index is 0.179. The molecule has 0 saturated heterocycles. The third-order valence-electron chi connectivity index (χ3n) is 5.08. The monoisotopic (exact) mass is 377 g/mol. The van der Waals surface area contributed by atoms with E-state index >= 15 is 0 Å². The van der Waals surface area contributed by atoms with Crippen LogP contribution in [0.25, 0.3) is 10.9 Å². The molecule has 1 aromatic carbocycles. The number of nitrogens with zero attached hydrogens (tertiary/aromatic N) is 1. The highest BCUT2D eigenvalue weighted by Crippen LogP contribution is 2.49. The summed E-state index contributed by atoms with van der Waals surface area (Å²) in [4.78, 5) is 13.6. The van der Waals surface area contributed by atoms with E-state index in [2.05, 4.69) is 30.7 Å². The zero-order chi connectivity index (χ0) is 18.1. The van der Waals surface area contributed by atoms with Crippen molar-refractivity contribution < 1.29 is 9.18 Å². The maximum absolute atomic E-state index is 14.3. The predicted octanol–water partition coefficient (Wildman–Crippen LogP) is 6.30. The van der Waals surface area contributed by atoms with Crippen molar-refractivity contribution in [1.82, 2.24) is 4.57 Å². The molecule has 2 nitrogen and oxygen atoms in total. The summed E-state index contributed by atoms with van der Waals surface area (Å²) in [6.07, 6.45) is 6.67. The minimum Gasteiger partial charge on any atom is -0.343 e. The average Bonchev–Trinajstić information content (AvgIpc) is 3.14. The molecule has 0 N–H and O–H groups in total. The van der Waals surface area contributed by atoms with Crippen LogP contribution in [0.1, 0.15) is 56.0 Å². The first-order valence-corrected chi connectivity index (χ1v) is 10.7. The molecule has 1 aromatic heterocycles. The van der Waals surface area contributed by atoms with Gasteiger partial charge in [-0.15, -0.1) is 0 Å². The molecule has 2 atom stereocenters. The lowest BCUT2D eigenvalue weighted by Crippen LogP contribution is -1.96. The quantitative estimate of drug-likeness (QED) is 0.436. The molecule has 0 amide bonds. The third kappa shape index (κ3) is 3.28. The summed E-state index contributed by atoms with van der Waals surface area (Å²) >= 11 is 3.49. The first-order chi connectivity index (χ1) is 12.0. The molecule has 5 heteroatoms. The molecule has 0 radical (unpaired) electrons. The Bertz CT molecular complexity index is 840. The Hall–Kier alpha value is -1.20. The van der Waals surface area contributed by atoms with Gasteiger partial charge in [0.15, 0.2) is 0 Å². The molecule has 0 spiro atoms. The first-order valence-electron chi connectivity index (χ1n) is 8.64. The predicted molar refractivity (Wildman–Crippen MR) is 107 cm³/mol. The van der Waals surface area contributed by atoms with Gasteiger partial charge in [0, 0.05) is 40.1 Å². The smallest absolute Gasteiger partial charge is 0.125 e. The lowest BCUT2D eigenvalue weighted by Gasteiger charge is -2.14. The summed E-state index contributed by atoms with van der Waals surface area (Å²) in [6.45, 7) is 7.12. The van der Waals surface area contributed by atoms with Gasteiger partial charge in [-0.25, -0.2) is 4.39 Å². The van der Waals surface area contributed by atoms with Crippen molar-refractivity contribution in [3.8, 4) is 0 Å². The number of aromatic nitrogens is 1. The first kappa shape index (κ1) is 18.6. The van der Waals surface area contributed by atoms with Gasteiger partial charge in [-0.3, -0.25) is 0 Å². The fourth-order valence-corrected chi connectivity index (χ4v) is 5.22. The molecule has 0 aliphatic carbocycles. The SMILES string of the molecule is C/C=C(\C)Sc1c2n(c3cc(F)cc(C(C)SC)c13)CCC2CC=O. The van der Waals surface area contributed by atoms with E-state index in [4.69, 9.17) is 0 Å². The fourth-order valence-electron chi connectivity index (χ4n) is 3.64. The molecule has 0 saturated carbocycles. The standard InChI is InChI=1S/C20H24FNOS2/c1-5-12(2)25-20-18-16(13(3)24-4)10-15(21)11-17(18)22-8-6-14(7-9-23)19(20)22/h5,9-11,13-14H,6-8H2,1-4H3/b12-5+. The molecule has 2 unspecified atom stereocenters. The van der Waals surface area contributed by atoms with Crippen LogP contribution in [0.15, 0.2) is 28.0 Å². The van der Waals surface area contributed by atoms with E-state index in [1.165, 1.54) is 20.9 Å². The number of fused-ring (bicyclic) bond motifs is 3. The highest BCUT2D eigenvalue weighted by atomic mass is 32.2. The van der Waals surface area contributed by atoms with Crippen LogP contribution in [-0.2, 0) is 11.3 Å². The number of hydrogen-bond acceptors (Lipinski definition) is 3. The van der Waals surface area contributed by atoms with Crippen LogP contribution in [0.5, 0.6) is 0 Å². The number of carbonyl (C=O) groups is 1. The van der Waals surface area contributed by atoms with Crippen molar-refractivity contribution in [3.63, 3.8) is 0 Å². The fraction of sp³-hybridized carbons (Fsp3) is 0.450. The Morgan fingerprint density at radius 1 is 1.48 bits per heavy atom. The van der Waals surface area contributed by atoms with Gasteiger partial charge < -0.3 is 9.36 Å². The van der Waals surface area contributed by atoms with Crippen LogP contribution in [0.2, 0.25) is 0 Å². The average molecular weight is 378 g/mol. The number of benzene rings is 1. The van der Waals surface area contributed by atoms with Gasteiger partial charge in [0.05, 0.1) is 5.52 Å². The summed E-state index contributed by atoms with van der Waals surface area (Å²) in [5, 5.41) is 1.39. The normalized spacial score (nSPS) is 18.6. The zero-order valence-electron chi connectivity index (χ0n) is 15.1. The number of rotatable bonds is 6. The highest BCUT2D eigenvalue weighted by Gasteiger charge is 2.31. The van der Waals surface area contributed by atoms with Crippen LogP contribution >= 0.6 is 23.5 Å². The second-order valence-corrected chi connectivity index (χ2v) is 8.96. The Labute approximate surface area is 157 Å². The van der Waals surface area contributed by atoms with Gasteiger partial charge in [0.2, 0.25) is 0 Å². The topological polar surface area (TPSA) is 22.0 Å². The summed E-state index contributed by atoms with van der Waals surface area (Å²) in [5.41, 5.74) is 3.25. The van der Waals surface area contributed by atoms with E-state index in [0.717, 1.165) is 30.3 Å². The molecule has 0 bridgehead atoms. The molecule has 134 valence electrons. The highest BCUT2D eigenvalue weighted by molar-refractivity contribution is 8.03. The Kier molecular flexibility index (Phi) is 5.64. The van der Waals surface area contributed by atoms with Crippen LogP contribution in [-0.4, -0.2) is 17.1 Å². The van der Waals surface area contributed by atoms with Crippen LogP contribution in [0.3, 0.4) is 0 Å². The van der Waals surface area contributed by atoms with Gasteiger partial charge in [0.1, 0.15) is 12.1 Å². The Morgan fingerprint density at radius 2 is 2.24 bits per heavy atom. The number of thioether (sulfide) groups is 2. The van der Waals surface area contributed by atoms with E-state index in [-0.39, 0.29) is 17.0 Å². The summed E-state index contributed by atoms with van der Waals surface area (Å²) < 4.78 is 16.6. The molecular weight excluding hydrogens is 353 g/mol. The van der Waals surface area contributed by atoms with Crippen LogP contribution < -0.4 is 0 Å². The number of allylic oxidation sites excluding steroid dienone is 2. The van der Waals surface area contributed by atoms with Gasteiger partial charge in [0.25, 0.3) is 0 Å². The van der Waals surface area contributed by atoms with Crippen molar-refractivity contribution in [2.45, 2.75) is 56.2 Å². The van der Waals surface area contributed by atoms with Crippen molar-refractivity contribution >= 4 is 40.7 Å². The Balaban J connectivity index is 2.33. The Morgan fingerprint density at radius 3 is 2.88 bits per heavy atom. The van der Waals surface area contributed by atoms with Crippen LogP contribution in [0, 0.1) is 5.82 Å². The van der Waals surface area contributed by atoms with Gasteiger partial charge in [-0.2, -0.15) is 11.8 Å². The second kappa shape index (κ2) is 7.58. The van der Waals surface area contributed by atoms with Gasteiger partial charge >= 0.3 is 0 Å². The van der Waals surface area contributed by atoms with Crippen molar-refractivity contribution in [2.24, 2.45) is 0 Å². The van der Waals surface area contributed by atoms with E-state index in [0.29, 0.717) is 6.42 Å². The molecule has 1 aliphatic heterocycles. The molecule has 0 fully saturated rings. The largest absolute Gasteiger partial charge is 0.343 e.